The molecule has 0 amide bonds. The number of hydrogen-bond donors (Lipinski definition) is 1. The third-order valence-corrected chi connectivity index (χ3v) is 14.8. The van der Waals surface area contributed by atoms with Crippen molar-refractivity contribution in [3.63, 3.8) is 0 Å². The van der Waals surface area contributed by atoms with Gasteiger partial charge in [-0.25, -0.2) is 4.79 Å². The van der Waals surface area contributed by atoms with Gasteiger partial charge in [0.1, 0.15) is 13.2 Å². The number of allylic oxidation sites excluding steroid dienone is 16. The molecular formula is C74H130NO8+. The fraction of sp³-hybridized carbons (Fsp3) is 0.743. The number of unbranched alkanes of at least 4 members (excludes halogenated alkanes) is 32. The van der Waals surface area contributed by atoms with Gasteiger partial charge in [-0.05, 0) is 96.3 Å². The van der Waals surface area contributed by atoms with Crippen LogP contribution < -0.4 is 0 Å². The first-order chi connectivity index (χ1) is 40.6. The molecule has 0 aromatic carbocycles. The number of likely N-dealkylation sites (N-methyl/N-ethyl adjacent to an activating group) is 1. The zero-order valence-corrected chi connectivity index (χ0v) is 54.6. The number of hydrogen-bond acceptors (Lipinski definition) is 7. The predicted octanol–water partition coefficient (Wildman–Crippen LogP) is 21.2. The van der Waals surface area contributed by atoms with Crippen LogP contribution in [0.4, 0.5) is 0 Å². The standard InChI is InChI=1S/C74H129NO8/c1-6-8-10-12-14-16-18-20-22-24-25-26-27-28-29-30-31-32-33-34-35-36-37-38-39-40-41-42-43-44-45-46-47-49-51-53-55-57-59-61-63-65-72(77)83-70(69-82-74(73(78)79)80-67-66-75(3,4)5)68-81-71(76)64-62-60-58-56-54-52-50-48-23-21-19-17-15-13-11-9-7-2/h8,10,14-17,20-23,25-26,28-29,31-32,70,74H,6-7,9,11-13,18-19,24,27,30,33-69H2,1-5H3/p+1/b10-8-,16-14-,17-15-,22-20-,23-21-,26-25-,29-28-,32-31-. The lowest BCUT2D eigenvalue weighted by Crippen LogP contribution is -2.40. The fourth-order valence-corrected chi connectivity index (χ4v) is 9.58. The molecule has 0 spiro atoms. The maximum absolute atomic E-state index is 12.9. The molecule has 0 aromatic heterocycles. The summed E-state index contributed by atoms with van der Waals surface area (Å²) in [5, 5.41) is 9.73. The average molecular weight is 1160 g/mol. The predicted molar refractivity (Wildman–Crippen MR) is 355 cm³/mol. The van der Waals surface area contributed by atoms with Crippen molar-refractivity contribution < 1.29 is 42.9 Å². The summed E-state index contributed by atoms with van der Waals surface area (Å²) in [6.07, 6.45) is 85.3. The monoisotopic (exact) mass is 1160 g/mol. The first-order valence-electron chi connectivity index (χ1n) is 34.4. The van der Waals surface area contributed by atoms with Gasteiger partial charge in [0.25, 0.3) is 6.29 Å². The van der Waals surface area contributed by atoms with Gasteiger partial charge in [0.15, 0.2) is 6.10 Å². The Labute approximate surface area is 512 Å². The van der Waals surface area contributed by atoms with E-state index < -0.39 is 24.3 Å². The highest BCUT2D eigenvalue weighted by Crippen LogP contribution is 2.17. The maximum Gasteiger partial charge on any atom is 0.361 e. The van der Waals surface area contributed by atoms with Gasteiger partial charge in [-0.2, -0.15) is 0 Å². The molecule has 2 unspecified atom stereocenters. The van der Waals surface area contributed by atoms with Gasteiger partial charge in [-0.15, -0.1) is 0 Å². The molecule has 1 N–H and O–H groups in total. The SMILES string of the molecule is CC/C=C\C/C=C\C/C=C\C/C=C\C/C=C\C/C=C\CCCCCCCCCCCCCCCCCCCCCCCCC(=O)OC(COC(=O)CCCCCCCCC/C=C\C/C=C\CCCCC)COC(OCC[N+](C)(C)C)C(=O)O. The van der Waals surface area contributed by atoms with Crippen LogP contribution in [0.2, 0.25) is 0 Å². The minimum Gasteiger partial charge on any atom is -0.477 e. The molecule has 0 aliphatic rings. The summed E-state index contributed by atoms with van der Waals surface area (Å²) >= 11 is 0. The van der Waals surface area contributed by atoms with E-state index in [2.05, 4.69) is 111 Å². The van der Waals surface area contributed by atoms with Gasteiger partial charge in [0.05, 0.1) is 34.4 Å². The zero-order chi connectivity index (χ0) is 60.5. The summed E-state index contributed by atoms with van der Waals surface area (Å²) in [4.78, 5) is 37.5. The Bertz CT molecular complexity index is 1680. The second kappa shape index (κ2) is 64.2. The van der Waals surface area contributed by atoms with E-state index in [1.54, 1.807) is 0 Å². The van der Waals surface area contributed by atoms with E-state index >= 15 is 0 Å². The summed E-state index contributed by atoms with van der Waals surface area (Å²) < 4.78 is 22.9. The van der Waals surface area contributed by atoms with Crippen LogP contribution >= 0.6 is 0 Å². The highest BCUT2D eigenvalue weighted by molar-refractivity contribution is 5.71. The number of quaternary nitrogens is 1. The van der Waals surface area contributed by atoms with E-state index in [-0.39, 0.29) is 32.2 Å². The van der Waals surface area contributed by atoms with Gasteiger partial charge < -0.3 is 28.5 Å². The Morgan fingerprint density at radius 2 is 0.687 bits per heavy atom. The van der Waals surface area contributed by atoms with Crippen LogP contribution in [-0.2, 0) is 33.3 Å². The van der Waals surface area contributed by atoms with Crippen LogP contribution in [0.15, 0.2) is 97.2 Å². The molecule has 0 rings (SSSR count). The quantitative estimate of drug-likeness (QED) is 0.0211. The topological polar surface area (TPSA) is 108 Å². The normalized spacial score (nSPS) is 13.3. The van der Waals surface area contributed by atoms with Crippen molar-refractivity contribution in [2.24, 2.45) is 0 Å². The van der Waals surface area contributed by atoms with E-state index in [1.807, 2.05) is 21.1 Å². The van der Waals surface area contributed by atoms with Crippen LogP contribution in [0.5, 0.6) is 0 Å². The van der Waals surface area contributed by atoms with Crippen molar-refractivity contribution in [3.05, 3.63) is 97.2 Å². The molecule has 0 radical (unpaired) electrons. The minimum atomic E-state index is -1.51. The van der Waals surface area contributed by atoms with Crippen molar-refractivity contribution in [2.75, 3.05) is 47.5 Å². The van der Waals surface area contributed by atoms with Crippen molar-refractivity contribution in [2.45, 2.75) is 309 Å². The molecule has 0 heterocycles. The summed E-state index contributed by atoms with van der Waals surface area (Å²) in [6, 6.07) is 0. The van der Waals surface area contributed by atoms with Crippen LogP contribution in [0, 0.1) is 0 Å². The Morgan fingerprint density at radius 1 is 0.373 bits per heavy atom. The third-order valence-electron chi connectivity index (χ3n) is 14.8. The summed E-state index contributed by atoms with van der Waals surface area (Å²) in [7, 11) is 5.97. The van der Waals surface area contributed by atoms with Crippen LogP contribution in [-0.4, -0.2) is 87.4 Å². The molecular weight excluding hydrogens is 1030 g/mol. The molecule has 9 nitrogen and oxygen atoms in total. The lowest BCUT2D eigenvalue weighted by Gasteiger charge is -2.25. The lowest BCUT2D eigenvalue weighted by atomic mass is 10.0. The number of carboxylic acids is 1. The first kappa shape index (κ1) is 79.2. The third kappa shape index (κ3) is 65.6. The molecule has 83 heavy (non-hydrogen) atoms. The van der Waals surface area contributed by atoms with Crippen LogP contribution in [0.1, 0.15) is 296 Å². The van der Waals surface area contributed by atoms with Crippen LogP contribution in [0.25, 0.3) is 0 Å². The lowest BCUT2D eigenvalue weighted by molar-refractivity contribution is -0.870. The first-order valence-corrected chi connectivity index (χ1v) is 34.4. The Hall–Kier alpha value is -3.79. The van der Waals surface area contributed by atoms with E-state index in [1.165, 1.54) is 173 Å². The van der Waals surface area contributed by atoms with Crippen molar-refractivity contribution >= 4 is 17.9 Å². The van der Waals surface area contributed by atoms with Gasteiger partial charge >= 0.3 is 17.9 Å². The molecule has 478 valence electrons. The van der Waals surface area contributed by atoms with E-state index in [0.717, 1.165) is 96.3 Å². The highest BCUT2D eigenvalue weighted by Gasteiger charge is 2.25. The van der Waals surface area contributed by atoms with Gasteiger partial charge in [0.2, 0.25) is 0 Å². The number of aliphatic carboxylic acids is 1. The number of esters is 2. The summed E-state index contributed by atoms with van der Waals surface area (Å²) in [5.74, 6) is -2.00. The Morgan fingerprint density at radius 3 is 1.02 bits per heavy atom. The Balaban J connectivity index is 3.99. The smallest absolute Gasteiger partial charge is 0.361 e. The maximum atomic E-state index is 12.9. The van der Waals surface area contributed by atoms with E-state index in [9.17, 15) is 19.5 Å². The zero-order valence-electron chi connectivity index (χ0n) is 54.6. The minimum absolute atomic E-state index is 0.185. The summed E-state index contributed by atoms with van der Waals surface area (Å²) in [5.41, 5.74) is 0. The molecule has 0 aliphatic heterocycles. The molecule has 2 atom stereocenters. The second-order valence-corrected chi connectivity index (χ2v) is 24.1. The fourth-order valence-electron chi connectivity index (χ4n) is 9.58. The van der Waals surface area contributed by atoms with Crippen molar-refractivity contribution in [3.8, 4) is 0 Å². The molecule has 9 heteroatoms. The van der Waals surface area contributed by atoms with Crippen LogP contribution in [0.3, 0.4) is 0 Å². The second-order valence-electron chi connectivity index (χ2n) is 24.1. The highest BCUT2D eigenvalue weighted by atomic mass is 16.7. The van der Waals surface area contributed by atoms with Crippen molar-refractivity contribution in [1.82, 2.24) is 0 Å². The number of ether oxygens (including phenoxy) is 4. The summed E-state index contributed by atoms with van der Waals surface area (Å²) in [6.45, 7) is 4.75. The van der Waals surface area contributed by atoms with Gasteiger partial charge in [0, 0.05) is 12.8 Å². The number of carbonyl (C=O) groups is 3. The van der Waals surface area contributed by atoms with E-state index in [4.69, 9.17) is 18.9 Å². The van der Waals surface area contributed by atoms with Gasteiger partial charge in [-0.3, -0.25) is 9.59 Å². The molecule has 0 saturated carbocycles. The molecule has 0 bridgehead atoms. The largest absolute Gasteiger partial charge is 0.477 e. The Kier molecular flexibility index (Phi) is 61.3. The van der Waals surface area contributed by atoms with E-state index in [0.29, 0.717) is 17.4 Å². The van der Waals surface area contributed by atoms with Gasteiger partial charge in [-0.1, -0.05) is 284 Å². The number of rotatable bonds is 63. The number of nitrogens with zero attached hydrogens (tertiary/aromatic N) is 1. The molecule has 0 saturated heterocycles. The number of carbonyl (C=O) groups excluding carboxylic acids is 2. The average Bonchev–Trinajstić information content (AvgIpc) is 3.46. The number of carboxylic acid groups (broad SMARTS) is 1. The molecule has 0 fully saturated rings. The van der Waals surface area contributed by atoms with Crippen molar-refractivity contribution in [1.29, 1.82) is 0 Å². The molecule has 0 aliphatic carbocycles. The molecule has 0 aromatic rings.